The SMILES string of the molecule is Cc1cccc2cc3c4ccccc4n(-c4nc(-c5ccc(-c6cccc7cccnc67)cc5)c5ccccc5n4)c3cc12. The fourth-order valence-corrected chi connectivity index (χ4v) is 6.64. The first kappa shape index (κ1) is 24.7. The van der Waals surface area contributed by atoms with Crippen molar-refractivity contribution in [2.24, 2.45) is 0 Å². The number of benzene rings is 6. The first-order valence-electron chi connectivity index (χ1n) is 14.9. The predicted octanol–water partition coefficient (Wildman–Crippen LogP) is 10.1. The van der Waals surface area contributed by atoms with Crippen molar-refractivity contribution < 1.29 is 0 Å². The summed E-state index contributed by atoms with van der Waals surface area (Å²) in [6.07, 6.45) is 1.85. The third kappa shape index (κ3) is 3.74. The zero-order valence-electron chi connectivity index (χ0n) is 24.1. The number of nitrogens with zero attached hydrogens (tertiary/aromatic N) is 4. The molecule has 0 aliphatic rings. The van der Waals surface area contributed by atoms with Gasteiger partial charge in [-0.25, -0.2) is 9.97 Å². The van der Waals surface area contributed by atoms with Gasteiger partial charge >= 0.3 is 0 Å². The lowest BCUT2D eigenvalue weighted by atomic mass is 9.99. The van der Waals surface area contributed by atoms with E-state index in [9.17, 15) is 0 Å². The number of hydrogen-bond donors (Lipinski definition) is 0. The molecular weight excluding hydrogens is 536 g/mol. The van der Waals surface area contributed by atoms with Gasteiger partial charge in [-0.3, -0.25) is 9.55 Å². The zero-order chi connectivity index (χ0) is 29.2. The van der Waals surface area contributed by atoms with Crippen molar-refractivity contribution in [3.63, 3.8) is 0 Å². The number of aryl methyl sites for hydroxylation is 1. The van der Waals surface area contributed by atoms with E-state index in [-0.39, 0.29) is 0 Å². The molecule has 44 heavy (non-hydrogen) atoms. The lowest BCUT2D eigenvalue weighted by Gasteiger charge is -2.13. The van der Waals surface area contributed by atoms with Crippen LogP contribution in [0.25, 0.3) is 82.7 Å². The van der Waals surface area contributed by atoms with Crippen LogP contribution in [-0.4, -0.2) is 19.5 Å². The van der Waals surface area contributed by atoms with Gasteiger partial charge in [-0.15, -0.1) is 0 Å². The number of hydrogen-bond acceptors (Lipinski definition) is 3. The van der Waals surface area contributed by atoms with Gasteiger partial charge in [0.25, 0.3) is 0 Å². The van der Waals surface area contributed by atoms with Crippen molar-refractivity contribution in [2.75, 3.05) is 0 Å². The van der Waals surface area contributed by atoms with Crippen LogP contribution in [0.3, 0.4) is 0 Å². The van der Waals surface area contributed by atoms with E-state index >= 15 is 0 Å². The molecule has 0 unspecified atom stereocenters. The van der Waals surface area contributed by atoms with Crippen molar-refractivity contribution in [3.05, 3.63) is 145 Å². The number of aromatic nitrogens is 4. The standard InChI is InChI=1S/C40H26N4/c1-25-9-6-11-29-23-34-31-13-3-5-17-36(31)44(37(34)24-33(25)29)40-42-35-16-4-2-14-32(35)39(43-40)28-20-18-26(19-21-28)30-15-7-10-27-12-8-22-41-38(27)30/h2-24H,1H3. The highest BCUT2D eigenvalue weighted by Crippen LogP contribution is 2.37. The van der Waals surface area contributed by atoms with Gasteiger partial charge in [-0.1, -0.05) is 103 Å². The van der Waals surface area contributed by atoms with Gasteiger partial charge in [-0.05, 0) is 59.2 Å². The third-order valence-electron chi connectivity index (χ3n) is 8.78. The molecule has 6 aromatic carbocycles. The van der Waals surface area contributed by atoms with Crippen LogP contribution in [-0.2, 0) is 0 Å². The summed E-state index contributed by atoms with van der Waals surface area (Å²) < 4.78 is 2.22. The number of fused-ring (bicyclic) bond motifs is 6. The number of para-hydroxylation sites is 3. The maximum atomic E-state index is 5.31. The molecule has 0 saturated heterocycles. The lowest BCUT2D eigenvalue weighted by molar-refractivity contribution is 1.01. The summed E-state index contributed by atoms with van der Waals surface area (Å²) in [5, 5.41) is 7.03. The normalized spacial score (nSPS) is 11.8. The predicted molar refractivity (Wildman–Crippen MR) is 182 cm³/mol. The average Bonchev–Trinajstić information content (AvgIpc) is 3.40. The molecule has 0 fully saturated rings. The van der Waals surface area contributed by atoms with Gasteiger partial charge in [0.1, 0.15) is 0 Å². The Bertz CT molecular complexity index is 2550. The minimum atomic E-state index is 0.667. The van der Waals surface area contributed by atoms with Crippen LogP contribution in [0.4, 0.5) is 0 Å². The summed E-state index contributed by atoms with van der Waals surface area (Å²) in [6.45, 7) is 2.17. The monoisotopic (exact) mass is 562 g/mol. The zero-order valence-corrected chi connectivity index (χ0v) is 24.1. The summed E-state index contributed by atoms with van der Waals surface area (Å²) in [6, 6.07) is 47.0. The second-order valence-corrected chi connectivity index (χ2v) is 11.4. The van der Waals surface area contributed by atoms with Crippen LogP contribution >= 0.6 is 0 Å². The molecule has 0 amide bonds. The van der Waals surface area contributed by atoms with E-state index in [0.29, 0.717) is 5.95 Å². The van der Waals surface area contributed by atoms with Gasteiger partial charge in [0.05, 0.1) is 27.8 Å². The van der Waals surface area contributed by atoms with Crippen molar-refractivity contribution >= 4 is 54.4 Å². The van der Waals surface area contributed by atoms with Crippen molar-refractivity contribution in [2.45, 2.75) is 6.92 Å². The Morgan fingerprint density at radius 2 is 1.27 bits per heavy atom. The molecule has 0 aliphatic carbocycles. The maximum Gasteiger partial charge on any atom is 0.235 e. The highest BCUT2D eigenvalue weighted by Gasteiger charge is 2.18. The van der Waals surface area contributed by atoms with Gasteiger partial charge in [-0.2, -0.15) is 0 Å². The van der Waals surface area contributed by atoms with Crippen LogP contribution in [0.1, 0.15) is 5.56 Å². The van der Waals surface area contributed by atoms with Gasteiger partial charge < -0.3 is 0 Å². The summed E-state index contributed by atoms with van der Waals surface area (Å²) in [5.74, 6) is 0.667. The maximum absolute atomic E-state index is 5.31. The Morgan fingerprint density at radius 3 is 2.18 bits per heavy atom. The molecule has 4 nitrogen and oxygen atoms in total. The molecule has 9 rings (SSSR count). The highest BCUT2D eigenvalue weighted by atomic mass is 15.2. The molecule has 0 atom stereocenters. The Balaban J connectivity index is 1.28. The molecule has 0 bridgehead atoms. The van der Waals surface area contributed by atoms with Gasteiger partial charge in [0.2, 0.25) is 5.95 Å². The van der Waals surface area contributed by atoms with Gasteiger partial charge in [0.15, 0.2) is 0 Å². The minimum absolute atomic E-state index is 0.667. The van der Waals surface area contributed by atoms with E-state index in [1.165, 1.54) is 27.1 Å². The van der Waals surface area contributed by atoms with Crippen LogP contribution < -0.4 is 0 Å². The molecule has 3 heterocycles. The summed E-state index contributed by atoms with van der Waals surface area (Å²) in [7, 11) is 0. The number of pyridine rings is 1. The summed E-state index contributed by atoms with van der Waals surface area (Å²) in [5.41, 5.74) is 9.58. The van der Waals surface area contributed by atoms with E-state index in [0.717, 1.165) is 55.2 Å². The first-order valence-corrected chi connectivity index (χ1v) is 14.9. The van der Waals surface area contributed by atoms with E-state index in [1.807, 2.05) is 18.3 Å². The molecule has 0 spiro atoms. The van der Waals surface area contributed by atoms with Crippen LogP contribution in [0, 0.1) is 6.92 Å². The Morgan fingerprint density at radius 1 is 0.523 bits per heavy atom. The fraction of sp³-hybridized carbons (Fsp3) is 0.0250. The smallest absolute Gasteiger partial charge is 0.235 e. The second-order valence-electron chi connectivity index (χ2n) is 11.4. The Labute approximate surface area is 253 Å². The van der Waals surface area contributed by atoms with E-state index in [4.69, 9.17) is 9.97 Å². The topological polar surface area (TPSA) is 43.6 Å². The summed E-state index contributed by atoms with van der Waals surface area (Å²) >= 11 is 0. The quantitative estimate of drug-likeness (QED) is 0.215. The van der Waals surface area contributed by atoms with Crippen molar-refractivity contribution in [1.82, 2.24) is 19.5 Å². The van der Waals surface area contributed by atoms with E-state index in [1.54, 1.807) is 0 Å². The molecule has 206 valence electrons. The fourth-order valence-electron chi connectivity index (χ4n) is 6.64. The average molecular weight is 563 g/mol. The molecule has 3 aromatic heterocycles. The molecule has 0 N–H and O–H groups in total. The molecular formula is C40H26N4. The Kier molecular flexibility index (Phi) is 5.38. The van der Waals surface area contributed by atoms with Crippen LogP contribution in [0.15, 0.2) is 140 Å². The minimum Gasteiger partial charge on any atom is -0.278 e. The highest BCUT2D eigenvalue weighted by molar-refractivity contribution is 6.14. The summed E-state index contributed by atoms with van der Waals surface area (Å²) in [4.78, 5) is 15.1. The van der Waals surface area contributed by atoms with E-state index in [2.05, 4.69) is 138 Å². The van der Waals surface area contributed by atoms with Crippen molar-refractivity contribution in [1.29, 1.82) is 0 Å². The third-order valence-corrected chi connectivity index (χ3v) is 8.78. The lowest BCUT2D eigenvalue weighted by Crippen LogP contribution is -2.03. The first-order chi connectivity index (χ1) is 21.7. The van der Waals surface area contributed by atoms with Gasteiger partial charge in [0, 0.05) is 38.9 Å². The molecule has 0 aliphatic heterocycles. The van der Waals surface area contributed by atoms with Crippen LogP contribution in [0.2, 0.25) is 0 Å². The Hall–Kier alpha value is -5.87. The van der Waals surface area contributed by atoms with Crippen LogP contribution in [0.5, 0.6) is 0 Å². The van der Waals surface area contributed by atoms with E-state index < -0.39 is 0 Å². The number of rotatable bonds is 3. The van der Waals surface area contributed by atoms with Crippen molar-refractivity contribution in [3.8, 4) is 28.3 Å². The molecule has 0 radical (unpaired) electrons. The molecule has 9 aromatic rings. The second kappa shape index (κ2) is 9.58. The molecule has 0 saturated carbocycles. The largest absolute Gasteiger partial charge is 0.278 e. The molecule has 4 heteroatoms.